The first-order valence-electron chi connectivity index (χ1n) is 8.63. The van der Waals surface area contributed by atoms with Crippen LogP contribution < -0.4 is 20.9 Å². The van der Waals surface area contributed by atoms with E-state index in [2.05, 4.69) is 16.2 Å². The van der Waals surface area contributed by atoms with Crippen molar-refractivity contribution in [3.05, 3.63) is 65.5 Å². The minimum absolute atomic E-state index is 0.203. The maximum atomic E-state index is 13.6. The number of amides is 3. The van der Waals surface area contributed by atoms with E-state index in [4.69, 9.17) is 4.74 Å². The molecule has 0 saturated carbocycles. The smallest absolute Gasteiger partial charge is 0.272 e. The van der Waals surface area contributed by atoms with Crippen LogP contribution in [-0.2, 0) is 4.79 Å². The van der Waals surface area contributed by atoms with Crippen LogP contribution >= 0.6 is 0 Å². The molecule has 2 aromatic carbocycles. The van der Waals surface area contributed by atoms with Crippen molar-refractivity contribution in [2.45, 2.75) is 19.9 Å². The van der Waals surface area contributed by atoms with Gasteiger partial charge >= 0.3 is 0 Å². The molecule has 1 atom stereocenters. The van der Waals surface area contributed by atoms with Crippen molar-refractivity contribution in [1.29, 1.82) is 0 Å². The number of methoxy groups -OCH3 is 1. The third-order valence-electron chi connectivity index (χ3n) is 4.01. The first-order valence-corrected chi connectivity index (χ1v) is 8.63. The number of ether oxygens (including phenoxy) is 1. The molecule has 0 fully saturated rings. The lowest BCUT2D eigenvalue weighted by atomic mass is 10.0. The molecule has 8 heteroatoms. The number of nitrogens with one attached hydrogen (secondary N) is 3. The lowest BCUT2D eigenvalue weighted by Gasteiger charge is -2.22. The normalized spacial score (nSPS) is 11.5. The molecule has 0 radical (unpaired) electrons. The predicted molar refractivity (Wildman–Crippen MR) is 101 cm³/mol. The van der Waals surface area contributed by atoms with E-state index in [0.717, 1.165) is 6.07 Å². The van der Waals surface area contributed by atoms with Gasteiger partial charge in [0, 0.05) is 5.56 Å². The Morgan fingerprint density at radius 1 is 0.929 bits per heavy atom. The second kappa shape index (κ2) is 9.50. The average Bonchev–Trinajstić information content (AvgIpc) is 2.70. The highest BCUT2D eigenvalue weighted by atomic mass is 19.1. The molecular weight excluding hydrogens is 365 g/mol. The van der Waals surface area contributed by atoms with Gasteiger partial charge in [0.1, 0.15) is 17.6 Å². The quantitative estimate of drug-likeness (QED) is 0.661. The molecule has 0 heterocycles. The molecule has 2 aromatic rings. The largest absolute Gasteiger partial charge is 0.497 e. The molecule has 0 aliphatic rings. The number of halogens is 1. The Labute approximate surface area is 162 Å². The molecule has 148 valence electrons. The lowest BCUT2D eigenvalue weighted by molar-refractivity contribution is -0.124. The van der Waals surface area contributed by atoms with Crippen LogP contribution in [0.5, 0.6) is 5.75 Å². The van der Waals surface area contributed by atoms with Gasteiger partial charge in [0.15, 0.2) is 0 Å². The first kappa shape index (κ1) is 20.9. The Bertz CT molecular complexity index is 853. The summed E-state index contributed by atoms with van der Waals surface area (Å²) in [6.07, 6.45) is 0. The fourth-order valence-electron chi connectivity index (χ4n) is 2.41. The number of hydrogen-bond donors (Lipinski definition) is 3. The van der Waals surface area contributed by atoms with E-state index >= 15 is 0 Å². The third-order valence-corrected chi connectivity index (χ3v) is 4.01. The lowest BCUT2D eigenvalue weighted by Crippen LogP contribution is -2.54. The molecule has 0 bridgehead atoms. The van der Waals surface area contributed by atoms with Gasteiger partial charge in [-0.2, -0.15) is 0 Å². The maximum absolute atomic E-state index is 13.6. The molecular formula is C20H22FN3O4. The highest BCUT2D eigenvalue weighted by molar-refractivity contribution is 5.99. The molecule has 0 aliphatic heterocycles. The second-order valence-electron chi connectivity index (χ2n) is 6.35. The molecule has 0 spiro atoms. The highest BCUT2D eigenvalue weighted by Crippen LogP contribution is 2.12. The van der Waals surface area contributed by atoms with Gasteiger partial charge in [0.25, 0.3) is 17.7 Å². The maximum Gasteiger partial charge on any atom is 0.272 e. The Kier molecular flexibility index (Phi) is 7.08. The molecule has 28 heavy (non-hydrogen) atoms. The van der Waals surface area contributed by atoms with E-state index < -0.39 is 29.6 Å². The Morgan fingerprint density at radius 2 is 1.57 bits per heavy atom. The van der Waals surface area contributed by atoms with E-state index in [-0.39, 0.29) is 11.5 Å². The van der Waals surface area contributed by atoms with Gasteiger partial charge in [-0.05, 0) is 42.3 Å². The standard InChI is InChI=1S/C20H22FN3O4/c1-12(2)17(22-18(25)13-8-10-14(28-3)11-9-13)20(27)24-23-19(26)15-6-4-5-7-16(15)21/h4-12,17H,1-3H3,(H,22,25)(H,23,26)(H,24,27)/t17-/m0/s1. The monoisotopic (exact) mass is 387 g/mol. The summed E-state index contributed by atoms with van der Waals surface area (Å²) in [7, 11) is 1.52. The van der Waals surface area contributed by atoms with Gasteiger partial charge in [-0.3, -0.25) is 25.2 Å². The Balaban J connectivity index is 2.00. The van der Waals surface area contributed by atoms with Crippen molar-refractivity contribution in [3.63, 3.8) is 0 Å². The van der Waals surface area contributed by atoms with E-state index in [1.807, 2.05) is 0 Å². The van der Waals surface area contributed by atoms with E-state index in [0.29, 0.717) is 11.3 Å². The van der Waals surface area contributed by atoms with E-state index in [9.17, 15) is 18.8 Å². The molecule has 2 rings (SSSR count). The Hall–Kier alpha value is -3.42. The van der Waals surface area contributed by atoms with Crippen molar-refractivity contribution in [2.24, 2.45) is 5.92 Å². The third kappa shape index (κ3) is 5.29. The van der Waals surface area contributed by atoms with Crippen molar-refractivity contribution in [1.82, 2.24) is 16.2 Å². The van der Waals surface area contributed by atoms with Gasteiger partial charge in [-0.1, -0.05) is 26.0 Å². The molecule has 0 aromatic heterocycles. The fourth-order valence-corrected chi connectivity index (χ4v) is 2.41. The first-order chi connectivity index (χ1) is 13.3. The van der Waals surface area contributed by atoms with Crippen LogP contribution in [0.3, 0.4) is 0 Å². The average molecular weight is 387 g/mol. The zero-order valence-corrected chi connectivity index (χ0v) is 15.8. The number of hydrazine groups is 1. The molecule has 3 N–H and O–H groups in total. The summed E-state index contributed by atoms with van der Waals surface area (Å²) < 4.78 is 18.7. The zero-order valence-electron chi connectivity index (χ0n) is 15.8. The molecule has 0 unspecified atom stereocenters. The second-order valence-corrected chi connectivity index (χ2v) is 6.35. The number of carbonyl (C=O) groups excluding carboxylic acids is 3. The number of hydrogen-bond acceptors (Lipinski definition) is 4. The van der Waals surface area contributed by atoms with Gasteiger partial charge in [0.05, 0.1) is 12.7 Å². The van der Waals surface area contributed by atoms with Crippen LogP contribution in [0.15, 0.2) is 48.5 Å². The predicted octanol–water partition coefficient (Wildman–Crippen LogP) is 2.05. The Morgan fingerprint density at radius 3 is 2.14 bits per heavy atom. The van der Waals surface area contributed by atoms with Crippen LogP contribution in [0.1, 0.15) is 34.6 Å². The molecule has 7 nitrogen and oxygen atoms in total. The summed E-state index contributed by atoms with van der Waals surface area (Å²) in [4.78, 5) is 36.8. The van der Waals surface area contributed by atoms with Crippen molar-refractivity contribution >= 4 is 17.7 Å². The van der Waals surface area contributed by atoms with Gasteiger partial charge in [-0.25, -0.2) is 4.39 Å². The summed E-state index contributed by atoms with van der Waals surface area (Å²) in [6.45, 7) is 3.49. The fraction of sp³-hybridized carbons (Fsp3) is 0.250. The molecule has 3 amide bonds. The number of rotatable bonds is 6. The van der Waals surface area contributed by atoms with Gasteiger partial charge < -0.3 is 10.1 Å². The number of carbonyl (C=O) groups is 3. The van der Waals surface area contributed by atoms with Crippen molar-refractivity contribution in [3.8, 4) is 5.75 Å². The summed E-state index contributed by atoms with van der Waals surface area (Å²) in [5.41, 5.74) is 4.53. The zero-order chi connectivity index (χ0) is 20.7. The summed E-state index contributed by atoms with van der Waals surface area (Å²) >= 11 is 0. The minimum Gasteiger partial charge on any atom is -0.497 e. The van der Waals surface area contributed by atoms with E-state index in [1.54, 1.807) is 38.1 Å². The van der Waals surface area contributed by atoms with Gasteiger partial charge in [-0.15, -0.1) is 0 Å². The molecule has 0 saturated heterocycles. The summed E-state index contributed by atoms with van der Waals surface area (Å²) in [5, 5.41) is 2.63. The molecule has 0 aliphatic carbocycles. The number of benzene rings is 2. The van der Waals surface area contributed by atoms with Crippen LogP contribution in [-0.4, -0.2) is 30.9 Å². The van der Waals surface area contributed by atoms with E-state index in [1.165, 1.54) is 25.3 Å². The van der Waals surface area contributed by atoms with Crippen molar-refractivity contribution in [2.75, 3.05) is 7.11 Å². The van der Waals surface area contributed by atoms with Crippen LogP contribution in [0.4, 0.5) is 4.39 Å². The van der Waals surface area contributed by atoms with Gasteiger partial charge in [0.2, 0.25) is 0 Å². The van der Waals surface area contributed by atoms with Crippen LogP contribution in [0.2, 0.25) is 0 Å². The summed E-state index contributed by atoms with van der Waals surface area (Å²) in [6, 6.07) is 10.9. The summed E-state index contributed by atoms with van der Waals surface area (Å²) in [5.74, 6) is -2.23. The highest BCUT2D eigenvalue weighted by Gasteiger charge is 2.25. The SMILES string of the molecule is COc1ccc(C(=O)N[C@H](C(=O)NNC(=O)c2ccccc2F)C(C)C)cc1. The minimum atomic E-state index is -0.907. The van der Waals surface area contributed by atoms with Crippen LogP contribution in [0, 0.1) is 11.7 Å². The van der Waals surface area contributed by atoms with Crippen molar-refractivity contribution < 1.29 is 23.5 Å². The topological polar surface area (TPSA) is 96.5 Å². The van der Waals surface area contributed by atoms with Crippen LogP contribution in [0.25, 0.3) is 0 Å².